The summed E-state index contributed by atoms with van der Waals surface area (Å²) in [5.74, 6) is -4.39. The van der Waals surface area contributed by atoms with E-state index >= 15 is 4.79 Å². The van der Waals surface area contributed by atoms with Gasteiger partial charge in [-0.25, -0.2) is 24.1 Å². The van der Waals surface area contributed by atoms with Crippen molar-refractivity contribution in [2.24, 2.45) is 5.16 Å². The Morgan fingerprint density at radius 2 is 1.38 bits per heavy atom. The SMILES string of the molecule is CC[n+]1ccc2sc(SCC3=C(C(=O)OCc4ccc(OC)cc4)N4C(=O)C(NC(=O)/C(=N\O[C@@H](C)C(=O)OC(c5ccccc5)c5ccccc5)c5csc(NC(c6ccccc6)(c6ccccc6)c6ccccc6)n5)[C@@H]4SC3)nc2c1.O=C([O-])C(F)(F)F. The quantitative estimate of drug-likeness (QED) is 0.0123. The minimum absolute atomic E-state index is 0.0549. The molecule has 9 aromatic rings. The normalized spacial score (nSPS) is 15.2. The number of alkyl halides is 3. The maximum Gasteiger partial charge on any atom is 0.430 e. The lowest BCUT2D eigenvalue weighted by Gasteiger charge is -2.49. The van der Waals surface area contributed by atoms with E-state index in [9.17, 15) is 27.6 Å². The summed E-state index contributed by atoms with van der Waals surface area (Å²) in [6.45, 7) is 4.30. The van der Waals surface area contributed by atoms with Crippen molar-refractivity contribution < 1.29 is 65.9 Å². The molecule has 2 aliphatic rings. The van der Waals surface area contributed by atoms with Gasteiger partial charge in [0.1, 0.15) is 58.7 Å². The summed E-state index contributed by atoms with van der Waals surface area (Å²) in [5.41, 5.74) is 5.53. The number of hydrogen-bond donors (Lipinski definition) is 2. The number of nitrogens with one attached hydrogen (secondary N) is 2. The molecule has 24 heteroatoms. The predicted molar refractivity (Wildman–Crippen MR) is 335 cm³/mol. The Kier molecular flexibility index (Phi) is 20.4. The number of pyridine rings is 1. The fourth-order valence-electron chi connectivity index (χ4n) is 9.79. The summed E-state index contributed by atoms with van der Waals surface area (Å²) in [4.78, 5) is 84.1. The molecule has 11 rings (SSSR count). The Morgan fingerprint density at radius 3 is 1.92 bits per heavy atom. The number of carbonyl (C=O) groups is 5. The number of hydrogen-bond acceptors (Lipinski definition) is 18. The van der Waals surface area contributed by atoms with Gasteiger partial charge >= 0.3 is 18.1 Å². The van der Waals surface area contributed by atoms with Crippen LogP contribution in [0.4, 0.5) is 18.3 Å². The van der Waals surface area contributed by atoms with Gasteiger partial charge in [-0.3, -0.25) is 14.5 Å². The van der Waals surface area contributed by atoms with E-state index in [0.717, 1.165) is 54.5 Å². The molecule has 90 heavy (non-hydrogen) atoms. The number of β-lactam (4-membered cyclic amide) rings is 1. The third-order valence-corrected chi connectivity index (χ3v) is 18.7. The second-order valence-corrected chi connectivity index (χ2v) is 24.4. The van der Waals surface area contributed by atoms with Crippen LogP contribution in [-0.4, -0.2) is 92.6 Å². The molecule has 5 heterocycles. The average molecular weight is 1290 g/mol. The number of carboxylic acid groups (broad SMARTS) is 1. The van der Waals surface area contributed by atoms with Crippen molar-refractivity contribution in [1.29, 1.82) is 0 Å². The van der Waals surface area contributed by atoms with Crippen LogP contribution in [0.2, 0.25) is 0 Å². The molecule has 1 fully saturated rings. The number of halogens is 3. The van der Waals surface area contributed by atoms with Crippen LogP contribution >= 0.6 is 46.2 Å². The fourth-order valence-corrected chi connectivity index (χ4v) is 14.1. The Balaban J connectivity index is 0.00000120. The summed E-state index contributed by atoms with van der Waals surface area (Å²) in [7, 11) is 1.58. The Morgan fingerprint density at radius 1 is 0.811 bits per heavy atom. The molecule has 3 atom stereocenters. The number of ether oxygens (including phenoxy) is 3. The van der Waals surface area contributed by atoms with Crippen molar-refractivity contribution in [2.75, 3.05) is 23.9 Å². The summed E-state index contributed by atoms with van der Waals surface area (Å²) >= 11 is 5.70. The summed E-state index contributed by atoms with van der Waals surface area (Å²) in [6.07, 6.45) is -3.25. The molecule has 0 aliphatic carbocycles. The molecule has 460 valence electrons. The van der Waals surface area contributed by atoms with Crippen LogP contribution in [0, 0.1) is 0 Å². The van der Waals surface area contributed by atoms with Crippen molar-refractivity contribution >= 4 is 97.0 Å². The number of thiazole rings is 2. The molecule has 0 spiro atoms. The first-order valence-electron chi connectivity index (χ1n) is 28.0. The van der Waals surface area contributed by atoms with Gasteiger partial charge in [-0.15, -0.1) is 34.4 Å². The third kappa shape index (κ3) is 14.7. The lowest BCUT2D eigenvalue weighted by molar-refractivity contribution is -0.692. The number of carboxylic acids is 1. The van der Waals surface area contributed by atoms with Crippen molar-refractivity contribution in [1.82, 2.24) is 20.2 Å². The van der Waals surface area contributed by atoms with Crippen molar-refractivity contribution in [2.45, 2.75) is 66.7 Å². The van der Waals surface area contributed by atoms with Gasteiger partial charge in [0.25, 0.3) is 11.8 Å². The van der Waals surface area contributed by atoms with Crippen LogP contribution in [0.5, 0.6) is 5.75 Å². The molecule has 2 aliphatic heterocycles. The van der Waals surface area contributed by atoms with Crippen molar-refractivity contribution in [3.05, 3.63) is 250 Å². The number of benzene rings is 6. The number of methoxy groups -OCH3 is 1. The molecule has 6 aromatic carbocycles. The van der Waals surface area contributed by atoms with E-state index in [1.165, 1.54) is 46.7 Å². The van der Waals surface area contributed by atoms with E-state index < -0.39 is 65.1 Å². The minimum Gasteiger partial charge on any atom is -0.542 e. The zero-order chi connectivity index (χ0) is 63.4. The van der Waals surface area contributed by atoms with E-state index in [0.29, 0.717) is 28.0 Å². The van der Waals surface area contributed by atoms with Gasteiger partial charge in [0.2, 0.25) is 6.10 Å². The maximum absolute atomic E-state index is 15.0. The highest BCUT2D eigenvalue weighted by molar-refractivity contribution is 8.02. The number of rotatable bonds is 22. The van der Waals surface area contributed by atoms with Crippen LogP contribution in [0.3, 0.4) is 0 Å². The number of anilines is 1. The molecule has 0 bridgehead atoms. The Labute approximate surface area is 531 Å². The zero-order valence-corrected chi connectivity index (χ0v) is 51.5. The summed E-state index contributed by atoms with van der Waals surface area (Å²) < 4.78 is 52.8. The standard InChI is InChI=1S/C64H55N7O8S4.C2HF3O2/c1-4-70-35-34-52-50(36-70)66-63(83-52)82-39-45-38-80-59-54(58(73)71(59)55(45)61(75)77-37-42-30-32-49(76-3)33-31-42)67-57(72)53(69-79-41(2)60(74)78-56(43-20-10-5-11-21-43)44-22-12-6-13-23-44)51-40-81-62(65-51)68-64(46-24-14-7-15-25-46,47-26-16-8-17-27-47)48-28-18-9-19-29-48;3-2(4,5)1(6)7/h5-36,40-41,54,56,59H,4,37-39H2,1-3H3,(H-,65,67,68,72);(H,6,7)/b69-53-;/t41-,54?,59-;/m0./s1. The molecule has 17 nitrogen and oxygen atoms in total. The lowest BCUT2D eigenvalue weighted by atomic mass is 9.77. The van der Waals surface area contributed by atoms with Gasteiger partial charge in [-0.1, -0.05) is 181 Å². The number of oxime groups is 1. The summed E-state index contributed by atoms with van der Waals surface area (Å²) in [5, 5.41) is 21.2. The molecule has 2 N–H and O–H groups in total. The number of aryl methyl sites for hydroxylation is 1. The lowest BCUT2D eigenvalue weighted by Crippen LogP contribution is -2.71. The van der Waals surface area contributed by atoms with Crippen LogP contribution in [0.1, 0.15) is 59.0 Å². The van der Waals surface area contributed by atoms with E-state index in [1.54, 1.807) is 48.1 Å². The fraction of sp³-hybridized carbons (Fsp3) is 0.197. The molecular weight excluding hydrogens is 1240 g/mol. The van der Waals surface area contributed by atoms with Gasteiger partial charge in [0.05, 0.1) is 11.8 Å². The van der Waals surface area contributed by atoms with Crippen molar-refractivity contribution in [3.8, 4) is 5.75 Å². The molecule has 3 aromatic heterocycles. The first-order valence-corrected chi connectivity index (χ1v) is 31.7. The highest BCUT2D eigenvalue weighted by atomic mass is 32.2. The number of aromatic nitrogens is 3. The van der Waals surface area contributed by atoms with Crippen LogP contribution < -0.4 is 25.0 Å². The second kappa shape index (κ2) is 28.9. The van der Waals surface area contributed by atoms with Gasteiger partial charge < -0.3 is 39.6 Å². The van der Waals surface area contributed by atoms with E-state index in [-0.39, 0.29) is 23.7 Å². The first-order chi connectivity index (χ1) is 43.5. The third-order valence-electron chi connectivity index (χ3n) is 14.3. The number of esters is 2. The van der Waals surface area contributed by atoms with Crippen LogP contribution in [-0.2, 0) is 57.0 Å². The molecule has 0 radical (unpaired) electrons. The number of aliphatic carboxylic acids is 1. The summed E-state index contributed by atoms with van der Waals surface area (Å²) in [6, 6.07) is 56.8. The van der Waals surface area contributed by atoms with Crippen LogP contribution in [0.15, 0.2) is 221 Å². The molecule has 2 amide bonds. The first kappa shape index (κ1) is 63.7. The zero-order valence-electron chi connectivity index (χ0n) is 48.3. The molecular formula is C66H56F3N7O10S4. The largest absolute Gasteiger partial charge is 0.542 e. The van der Waals surface area contributed by atoms with E-state index in [2.05, 4.69) is 27.3 Å². The van der Waals surface area contributed by atoms with Gasteiger partial charge in [0.15, 0.2) is 33.7 Å². The maximum atomic E-state index is 15.0. The molecule has 1 unspecified atom stereocenters. The number of fused-ring (bicyclic) bond motifs is 2. The van der Waals surface area contributed by atoms with E-state index in [4.69, 9.17) is 38.9 Å². The number of carbonyl (C=O) groups excluding carboxylic acids is 5. The predicted octanol–water partition coefficient (Wildman–Crippen LogP) is 10.4. The number of nitrogens with zero attached hydrogens (tertiary/aromatic N) is 5. The highest BCUT2D eigenvalue weighted by Gasteiger charge is 2.55. The second-order valence-electron chi connectivity index (χ2n) is 20.2. The smallest absolute Gasteiger partial charge is 0.430 e. The van der Waals surface area contributed by atoms with Crippen molar-refractivity contribution in [3.63, 3.8) is 0 Å². The van der Waals surface area contributed by atoms with Crippen LogP contribution in [0.25, 0.3) is 10.2 Å². The Bertz CT molecular complexity index is 3920. The average Bonchev–Trinajstić information content (AvgIpc) is 0.787. The van der Waals surface area contributed by atoms with E-state index in [1.807, 2.05) is 170 Å². The topological polar surface area (TPSA) is 215 Å². The van der Waals surface area contributed by atoms with Gasteiger partial charge in [0, 0.05) is 23.0 Å². The Hall–Kier alpha value is -9.36. The molecule has 0 saturated carbocycles. The monoisotopic (exact) mass is 1290 g/mol. The molecule has 1 saturated heterocycles. The van der Waals surface area contributed by atoms with Gasteiger partial charge in [-0.05, 0) is 64.9 Å². The number of amides is 2. The minimum atomic E-state index is -5.19. The number of thioether (sulfide) groups is 2. The van der Waals surface area contributed by atoms with Gasteiger partial charge in [-0.2, -0.15) is 13.2 Å². The highest BCUT2D eigenvalue weighted by Crippen LogP contribution is 2.44.